The van der Waals surface area contributed by atoms with E-state index in [0.717, 1.165) is 31.4 Å². The molecule has 1 aromatic rings. The minimum Gasteiger partial charge on any atom is -0.453 e. The molecule has 1 fully saturated rings. The summed E-state index contributed by atoms with van der Waals surface area (Å²) < 4.78 is 4.75. The Labute approximate surface area is 130 Å². The SMILES string of the molecule is COC(=O)N1CCCCC1C(=O)NCCCc1ccccn1. The van der Waals surface area contributed by atoms with E-state index < -0.39 is 12.1 Å². The Morgan fingerprint density at radius 2 is 2.27 bits per heavy atom. The molecular weight excluding hydrogens is 282 g/mol. The van der Waals surface area contributed by atoms with E-state index in [0.29, 0.717) is 19.5 Å². The first kappa shape index (κ1) is 16.3. The number of rotatable bonds is 5. The lowest BCUT2D eigenvalue weighted by atomic mass is 10.0. The molecule has 0 aromatic carbocycles. The third-order valence-corrected chi connectivity index (χ3v) is 3.85. The molecule has 2 amide bonds. The van der Waals surface area contributed by atoms with Crippen LogP contribution in [0.15, 0.2) is 24.4 Å². The summed E-state index contributed by atoms with van der Waals surface area (Å²) in [6.45, 7) is 1.17. The Balaban J connectivity index is 1.76. The summed E-state index contributed by atoms with van der Waals surface area (Å²) in [5, 5.41) is 2.92. The number of piperidine rings is 1. The Hall–Kier alpha value is -2.11. The van der Waals surface area contributed by atoms with Gasteiger partial charge in [-0.2, -0.15) is 0 Å². The molecule has 22 heavy (non-hydrogen) atoms. The number of aromatic nitrogens is 1. The van der Waals surface area contributed by atoms with Crippen LogP contribution in [0.5, 0.6) is 0 Å². The van der Waals surface area contributed by atoms with E-state index in [9.17, 15) is 9.59 Å². The van der Waals surface area contributed by atoms with Crippen molar-refractivity contribution in [2.45, 2.75) is 38.1 Å². The van der Waals surface area contributed by atoms with Crippen LogP contribution in [-0.4, -0.2) is 48.1 Å². The van der Waals surface area contributed by atoms with Gasteiger partial charge in [0.15, 0.2) is 0 Å². The summed E-state index contributed by atoms with van der Waals surface area (Å²) in [4.78, 5) is 29.8. The number of aryl methyl sites for hydroxylation is 1. The maximum Gasteiger partial charge on any atom is 0.410 e. The molecule has 120 valence electrons. The van der Waals surface area contributed by atoms with E-state index in [1.165, 1.54) is 12.0 Å². The van der Waals surface area contributed by atoms with Crippen LogP contribution in [0, 0.1) is 0 Å². The summed E-state index contributed by atoms with van der Waals surface area (Å²) >= 11 is 0. The van der Waals surface area contributed by atoms with E-state index in [4.69, 9.17) is 4.74 Å². The molecule has 0 bridgehead atoms. The first-order valence-corrected chi connectivity index (χ1v) is 7.74. The highest BCUT2D eigenvalue weighted by molar-refractivity contribution is 5.85. The largest absolute Gasteiger partial charge is 0.453 e. The topological polar surface area (TPSA) is 71.5 Å². The Kier molecular flexibility index (Phi) is 6.18. The predicted octanol–water partition coefficient (Wildman–Crippen LogP) is 1.75. The Morgan fingerprint density at radius 1 is 1.41 bits per heavy atom. The van der Waals surface area contributed by atoms with Crippen LogP contribution >= 0.6 is 0 Å². The lowest BCUT2D eigenvalue weighted by Crippen LogP contribution is -2.52. The number of hydrogen-bond donors (Lipinski definition) is 1. The number of methoxy groups -OCH3 is 1. The minimum absolute atomic E-state index is 0.0916. The number of hydrogen-bond acceptors (Lipinski definition) is 4. The van der Waals surface area contributed by atoms with Crippen molar-refractivity contribution < 1.29 is 14.3 Å². The number of carbonyl (C=O) groups excluding carboxylic acids is 2. The van der Waals surface area contributed by atoms with Gasteiger partial charge in [0.05, 0.1) is 7.11 Å². The van der Waals surface area contributed by atoms with Crippen LogP contribution in [0.2, 0.25) is 0 Å². The summed E-state index contributed by atoms with van der Waals surface area (Å²) in [6.07, 6.45) is 5.57. The van der Waals surface area contributed by atoms with Crippen LogP contribution in [0.4, 0.5) is 4.79 Å². The zero-order valence-electron chi connectivity index (χ0n) is 13.0. The fourth-order valence-corrected chi connectivity index (χ4v) is 2.68. The molecule has 1 unspecified atom stereocenters. The summed E-state index contributed by atoms with van der Waals surface area (Å²) in [6, 6.07) is 5.41. The van der Waals surface area contributed by atoms with E-state index in [-0.39, 0.29) is 5.91 Å². The highest BCUT2D eigenvalue weighted by Crippen LogP contribution is 2.18. The molecule has 2 heterocycles. The third kappa shape index (κ3) is 4.44. The average molecular weight is 305 g/mol. The summed E-state index contributed by atoms with van der Waals surface area (Å²) in [7, 11) is 1.35. The molecule has 0 saturated carbocycles. The molecule has 0 aliphatic carbocycles. The van der Waals surface area contributed by atoms with Crippen molar-refractivity contribution in [2.24, 2.45) is 0 Å². The van der Waals surface area contributed by atoms with Gasteiger partial charge in [-0.15, -0.1) is 0 Å². The van der Waals surface area contributed by atoms with E-state index >= 15 is 0 Å². The molecule has 1 atom stereocenters. The molecule has 6 nitrogen and oxygen atoms in total. The molecule has 1 aliphatic rings. The van der Waals surface area contributed by atoms with Gasteiger partial charge in [0.1, 0.15) is 6.04 Å². The normalized spacial score (nSPS) is 17.9. The van der Waals surface area contributed by atoms with Gasteiger partial charge in [-0.05, 0) is 44.2 Å². The monoisotopic (exact) mass is 305 g/mol. The average Bonchev–Trinajstić information content (AvgIpc) is 2.58. The van der Waals surface area contributed by atoms with Gasteiger partial charge >= 0.3 is 6.09 Å². The molecule has 1 N–H and O–H groups in total. The highest BCUT2D eigenvalue weighted by Gasteiger charge is 2.32. The van der Waals surface area contributed by atoms with Gasteiger partial charge in [0.2, 0.25) is 5.91 Å². The number of pyridine rings is 1. The number of likely N-dealkylation sites (tertiary alicyclic amines) is 1. The number of amides is 2. The molecule has 1 saturated heterocycles. The second kappa shape index (κ2) is 8.36. The van der Waals surface area contributed by atoms with Crippen molar-refractivity contribution in [2.75, 3.05) is 20.2 Å². The van der Waals surface area contributed by atoms with Crippen molar-refractivity contribution in [3.8, 4) is 0 Å². The van der Waals surface area contributed by atoms with Gasteiger partial charge in [0.25, 0.3) is 0 Å². The number of nitrogens with one attached hydrogen (secondary N) is 1. The fraction of sp³-hybridized carbons (Fsp3) is 0.562. The van der Waals surface area contributed by atoms with E-state index in [2.05, 4.69) is 10.3 Å². The molecule has 6 heteroatoms. The van der Waals surface area contributed by atoms with Gasteiger partial charge in [-0.3, -0.25) is 14.7 Å². The lowest BCUT2D eigenvalue weighted by Gasteiger charge is -2.33. The van der Waals surface area contributed by atoms with Crippen molar-refractivity contribution in [1.82, 2.24) is 15.2 Å². The number of carbonyl (C=O) groups is 2. The Morgan fingerprint density at radius 3 is 3.00 bits per heavy atom. The van der Waals surface area contributed by atoms with Crippen LogP contribution in [-0.2, 0) is 16.0 Å². The minimum atomic E-state index is -0.423. The molecule has 1 aliphatic heterocycles. The van der Waals surface area contributed by atoms with Crippen molar-refractivity contribution in [3.05, 3.63) is 30.1 Å². The smallest absolute Gasteiger partial charge is 0.410 e. The van der Waals surface area contributed by atoms with Crippen LogP contribution in [0.1, 0.15) is 31.4 Å². The Bertz CT molecular complexity index is 493. The van der Waals surface area contributed by atoms with Gasteiger partial charge in [0, 0.05) is 25.0 Å². The van der Waals surface area contributed by atoms with Gasteiger partial charge in [-0.25, -0.2) is 4.79 Å². The van der Waals surface area contributed by atoms with E-state index in [1.54, 1.807) is 6.20 Å². The van der Waals surface area contributed by atoms with E-state index in [1.807, 2.05) is 18.2 Å². The van der Waals surface area contributed by atoms with Crippen LogP contribution < -0.4 is 5.32 Å². The fourth-order valence-electron chi connectivity index (χ4n) is 2.68. The zero-order chi connectivity index (χ0) is 15.8. The standard InChI is InChI=1S/C16H23N3O3/c1-22-16(21)19-12-5-3-9-14(19)15(20)18-11-6-8-13-7-2-4-10-17-13/h2,4,7,10,14H,3,5-6,8-9,11-12H2,1H3,(H,18,20). The third-order valence-electron chi connectivity index (χ3n) is 3.85. The maximum atomic E-state index is 12.3. The summed E-state index contributed by atoms with van der Waals surface area (Å²) in [5.74, 6) is -0.0916. The predicted molar refractivity (Wildman–Crippen MR) is 82.3 cm³/mol. The van der Waals surface area contributed by atoms with Crippen LogP contribution in [0.3, 0.4) is 0 Å². The first-order chi connectivity index (χ1) is 10.7. The lowest BCUT2D eigenvalue weighted by molar-refractivity contribution is -0.126. The first-order valence-electron chi connectivity index (χ1n) is 7.74. The second-order valence-corrected chi connectivity index (χ2v) is 5.39. The van der Waals surface area contributed by atoms with Crippen molar-refractivity contribution in [3.63, 3.8) is 0 Å². The molecular formula is C16H23N3O3. The summed E-state index contributed by atoms with van der Waals surface area (Å²) in [5.41, 5.74) is 1.02. The number of nitrogens with zero attached hydrogens (tertiary/aromatic N) is 2. The van der Waals surface area contributed by atoms with Gasteiger partial charge in [-0.1, -0.05) is 6.07 Å². The molecule has 0 spiro atoms. The van der Waals surface area contributed by atoms with Crippen LogP contribution in [0.25, 0.3) is 0 Å². The molecule has 1 aromatic heterocycles. The highest BCUT2D eigenvalue weighted by atomic mass is 16.5. The van der Waals surface area contributed by atoms with Crippen molar-refractivity contribution in [1.29, 1.82) is 0 Å². The number of ether oxygens (including phenoxy) is 1. The zero-order valence-corrected chi connectivity index (χ0v) is 13.0. The van der Waals surface area contributed by atoms with Crippen molar-refractivity contribution >= 4 is 12.0 Å². The molecule has 2 rings (SSSR count). The van der Waals surface area contributed by atoms with Gasteiger partial charge < -0.3 is 10.1 Å². The maximum absolute atomic E-state index is 12.3. The quantitative estimate of drug-likeness (QED) is 0.841. The second-order valence-electron chi connectivity index (χ2n) is 5.39. The molecule has 0 radical (unpaired) electrons.